The Morgan fingerprint density at radius 3 is 2.02 bits per heavy atom. The van der Waals surface area contributed by atoms with Crippen LogP contribution in [0.5, 0.6) is 5.75 Å². The predicted octanol–water partition coefficient (Wildman–Crippen LogP) is 5.89. The fourth-order valence-electron chi connectivity index (χ4n) is 5.30. The van der Waals surface area contributed by atoms with Gasteiger partial charge in [0, 0.05) is 12.6 Å². The molecular formula is C37H45N2O12P. The monoisotopic (exact) mass is 740 g/mol. The van der Waals surface area contributed by atoms with Crippen LogP contribution in [0, 0.1) is 5.41 Å². The second kappa shape index (κ2) is 18.0. The predicted molar refractivity (Wildman–Crippen MR) is 189 cm³/mol. The number of hydrogen-bond donors (Lipinski definition) is 3. The van der Waals surface area contributed by atoms with Gasteiger partial charge in [0.25, 0.3) is 0 Å². The molecule has 0 bridgehead atoms. The average Bonchev–Trinajstić information content (AvgIpc) is 3.38. The lowest BCUT2D eigenvalue weighted by Crippen LogP contribution is -2.49. The smallest absolute Gasteiger partial charge is 0.407 e. The molecular weight excluding hydrogens is 695 g/mol. The summed E-state index contributed by atoms with van der Waals surface area (Å²) in [6.07, 6.45) is -4.32. The Morgan fingerprint density at radius 2 is 1.46 bits per heavy atom. The van der Waals surface area contributed by atoms with Crippen molar-refractivity contribution in [2.45, 2.75) is 64.6 Å². The summed E-state index contributed by atoms with van der Waals surface area (Å²) in [6, 6.07) is 24.6. The summed E-state index contributed by atoms with van der Waals surface area (Å²) in [5.41, 5.74) is 1.69. The van der Waals surface area contributed by atoms with Crippen molar-refractivity contribution in [1.29, 1.82) is 0 Å². The quantitative estimate of drug-likeness (QED) is 0.0956. The van der Waals surface area contributed by atoms with E-state index in [1.54, 1.807) is 39.8 Å². The Hall–Kier alpha value is -4.91. The molecule has 1 aliphatic rings. The van der Waals surface area contributed by atoms with Crippen LogP contribution in [0.15, 0.2) is 84.9 Å². The summed E-state index contributed by atoms with van der Waals surface area (Å²) in [7, 11) is -3.93. The number of carbonyl (C=O) groups excluding carboxylic acids is 3. The molecule has 5 atom stereocenters. The Morgan fingerprint density at radius 1 is 0.865 bits per heavy atom. The number of benzene rings is 3. The van der Waals surface area contributed by atoms with Crippen molar-refractivity contribution in [3.8, 4) is 5.75 Å². The van der Waals surface area contributed by atoms with Crippen molar-refractivity contribution in [3.05, 3.63) is 102 Å². The highest BCUT2D eigenvalue weighted by molar-refractivity contribution is 7.53. The lowest BCUT2D eigenvalue weighted by atomic mass is 9.92. The van der Waals surface area contributed by atoms with E-state index in [4.69, 9.17) is 33.1 Å². The summed E-state index contributed by atoms with van der Waals surface area (Å²) < 4.78 is 47.9. The van der Waals surface area contributed by atoms with E-state index in [1.807, 2.05) is 60.7 Å². The highest BCUT2D eigenvalue weighted by atomic mass is 31.2. The van der Waals surface area contributed by atoms with Crippen LogP contribution < -0.4 is 15.2 Å². The second-order valence-corrected chi connectivity index (χ2v) is 15.2. The van der Waals surface area contributed by atoms with Gasteiger partial charge in [-0.1, -0.05) is 72.8 Å². The SMILES string of the molecule is C[C@@H]1O[C@H](COC(=O)C(C)(C)C)C(OP(C)(=O)Oc2ccc(COC(=O)NCC(=O)O)cc2)C1NC(=O)OCC(c1ccccc1)c1ccccc1. The zero-order valence-corrected chi connectivity index (χ0v) is 30.6. The Kier molecular flexibility index (Phi) is 13.8. The summed E-state index contributed by atoms with van der Waals surface area (Å²) in [5, 5.41) is 13.6. The topological polar surface area (TPSA) is 185 Å². The highest BCUT2D eigenvalue weighted by Crippen LogP contribution is 2.48. The number of amides is 2. The molecule has 3 aromatic rings. The molecule has 4 rings (SSSR count). The fraction of sp³-hybridized carbons (Fsp3) is 0.405. The minimum atomic E-state index is -3.93. The molecule has 2 amide bonds. The van der Waals surface area contributed by atoms with Gasteiger partial charge in [-0.25, -0.2) is 14.2 Å². The van der Waals surface area contributed by atoms with E-state index in [0.29, 0.717) is 5.56 Å². The largest absolute Gasteiger partial charge is 0.480 e. The molecule has 280 valence electrons. The van der Waals surface area contributed by atoms with Crippen molar-refractivity contribution < 1.29 is 56.8 Å². The van der Waals surface area contributed by atoms with Gasteiger partial charge in [0.1, 0.15) is 44.3 Å². The van der Waals surface area contributed by atoms with Crippen LogP contribution >= 0.6 is 7.60 Å². The first-order valence-electron chi connectivity index (χ1n) is 16.6. The minimum absolute atomic E-state index is 0.0311. The van der Waals surface area contributed by atoms with E-state index < -0.39 is 68.0 Å². The number of esters is 1. The van der Waals surface area contributed by atoms with Gasteiger partial charge in [-0.15, -0.1) is 0 Å². The number of aliphatic carboxylic acids is 1. The molecule has 52 heavy (non-hydrogen) atoms. The lowest BCUT2D eigenvalue weighted by molar-refractivity contribution is -0.158. The standard InChI is InChI=1S/C37H45N2O12P/c1-24-32(39-36(44)48-22-29(26-12-8-6-9-13-26)27-14-10-7-11-15-27)33(30(49-24)23-46-34(42)37(2,3)4)51-52(5,45)50-28-18-16-25(17-19-28)21-47-35(43)38-20-31(40)41/h6-19,24,29-30,32-33H,20-23H2,1-5H3,(H,38,43)(H,39,44)(H,40,41)/t24-,30+,32?,33?,52?/m0/s1. The molecule has 0 aromatic heterocycles. The summed E-state index contributed by atoms with van der Waals surface area (Å²) >= 11 is 0. The first kappa shape index (κ1) is 39.9. The number of alkyl carbamates (subject to hydrolysis) is 2. The van der Waals surface area contributed by atoms with Crippen LogP contribution in [-0.2, 0) is 44.2 Å². The van der Waals surface area contributed by atoms with Crippen LogP contribution in [0.4, 0.5) is 9.59 Å². The van der Waals surface area contributed by atoms with E-state index in [9.17, 15) is 23.7 Å². The molecule has 0 radical (unpaired) electrons. The number of carboxylic acid groups (broad SMARTS) is 1. The third-order valence-corrected chi connectivity index (χ3v) is 9.11. The van der Waals surface area contributed by atoms with Gasteiger partial charge in [0.05, 0.1) is 17.6 Å². The molecule has 0 saturated carbocycles. The summed E-state index contributed by atoms with van der Waals surface area (Å²) in [5.74, 6) is -1.76. The Labute approximate surface area is 302 Å². The molecule has 15 heteroatoms. The number of rotatable bonds is 15. The first-order chi connectivity index (χ1) is 24.6. The van der Waals surface area contributed by atoms with Crippen LogP contribution in [0.25, 0.3) is 0 Å². The molecule has 0 aliphatic carbocycles. The van der Waals surface area contributed by atoms with Crippen molar-refractivity contribution in [1.82, 2.24) is 10.6 Å². The van der Waals surface area contributed by atoms with Crippen LogP contribution in [-0.4, -0.2) is 80.0 Å². The molecule has 1 aliphatic heterocycles. The van der Waals surface area contributed by atoms with E-state index in [0.717, 1.165) is 11.1 Å². The minimum Gasteiger partial charge on any atom is -0.480 e. The molecule has 14 nitrogen and oxygen atoms in total. The van der Waals surface area contributed by atoms with Crippen molar-refractivity contribution in [2.24, 2.45) is 5.41 Å². The van der Waals surface area contributed by atoms with Gasteiger partial charge in [0.2, 0.25) is 0 Å². The van der Waals surface area contributed by atoms with E-state index in [2.05, 4.69) is 10.6 Å². The van der Waals surface area contributed by atoms with Crippen LogP contribution in [0.1, 0.15) is 50.3 Å². The summed E-state index contributed by atoms with van der Waals surface area (Å²) in [6.45, 7) is 7.15. The molecule has 1 saturated heterocycles. The van der Waals surface area contributed by atoms with Gasteiger partial charge >= 0.3 is 31.7 Å². The van der Waals surface area contributed by atoms with Gasteiger partial charge in [-0.2, -0.15) is 0 Å². The summed E-state index contributed by atoms with van der Waals surface area (Å²) in [4.78, 5) is 48.2. The van der Waals surface area contributed by atoms with Crippen molar-refractivity contribution in [2.75, 3.05) is 26.4 Å². The van der Waals surface area contributed by atoms with Gasteiger partial charge in [-0.05, 0) is 56.5 Å². The average molecular weight is 741 g/mol. The highest BCUT2D eigenvalue weighted by Gasteiger charge is 2.48. The van der Waals surface area contributed by atoms with Crippen LogP contribution in [0.3, 0.4) is 0 Å². The number of carboxylic acids is 1. The fourth-order valence-corrected chi connectivity index (χ4v) is 6.56. The Bertz CT molecular complexity index is 1660. The maximum atomic E-state index is 13.8. The third-order valence-electron chi connectivity index (χ3n) is 7.94. The van der Waals surface area contributed by atoms with E-state index >= 15 is 0 Å². The zero-order valence-electron chi connectivity index (χ0n) is 29.7. The number of ether oxygens (including phenoxy) is 4. The number of hydrogen-bond acceptors (Lipinski definition) is 11. The molecule has 0 spiro atoms. The van der Waals surface area contributed by atoms with Gasteiger partial charge in [0.15, 0.2) is 0 Å². The molecule has 3 unspecified atom stereocenters. The van der Waals surface area contributed by atoms with E-state index in [-0.39, 0.29) is 31.5 Å². The molecule has 1 heterocycles. The zero-order chi connectivity index (χ0) is 37.9. The van der Waals surface area contributed by atoms with Crippen molar-refractivity contribution in [3.63, 3.8) is 0 Å². The maximum absolute atomic E-state index is 13.8. The van der Waals surface area contributed by atoms with E-state index in [1.165, 1.54) is 18.8 Å². The Balaban J connectivity index is 1.45. The molecule has 1 fully saturated rings. The maximum Gasteiger partial charge on any atom is 0.407 e. The number of nitrogens with one attached hydrogen (secondary N) is 2. The normalized spacial score (nSPS) is 19.6. The lowest BCUT2D eigenvalue weighted by Gasteiger charge is -2.28. The third kappa shape index (κ3) is 12.1. The van der Waals surface area contributed by atoms with Crippen LogP contribution in [0.2, 0.25) is 0 Å². The van der Waals surface area contributed by atoms with Crippen molar-refractivity contribution >= 4 is 31.7 Å². The van der Waals surface area contributed by atoms with Gasteiger partial charge < -0.3 is 39.2 Å². The molecule has 3 aromatic carbocycles. The van der Waals surface area contributed by atoms with Gasteiger partial charge in [-0.3, -0.25) is 14.1 Å². The first-order valence-corrected chi connectivity index (χ1v) is 18.6. The second-order valence-electron chi connectivity index (χ2n) is 13.3. The number of carbonyl (C=O) groups is 4. The molecule has 3 N–H and O–H groups in total.